The number of aromatic nitrogens is 2. The molecule has 1 N–H and O–H groups in total. The second kappa shape index (κ2) is 18.3. The lowest BCUT2D eigenvalue weighted by atomic mass is 9.92. The summed E-state index contributed by atoms with van der Waals surface area (Å²) < 4.78 is 11.8. The lowest BCUT2D eigenvalue weighted by Crippen LogP contribution is -2.45. The van der Waals surface area contributed by atoms with Gasteiger partial charge in [0, 0.05) is 43.0 Å². The lowest BCUT2D eigenvalue weighted by molar-refractivity contribution is -0.108. The maximum atomic E-state index is 12.4. The zero-order valence-corrected chi connectivity index (χ0v) is 32.8. The number of carbonyl (C=O) groups is 3. The predicted octanol–water partition coefficient (Wildman–Crippen LogP) is 8.78. The van der Waals surface area contributed by atoms with Crippen molar-refractivity contribution in [1.82, 2.24) is 19.8 Å². The van der Waals surface area contributed by atoms with Crippen LogP contribution in [-0.4, -0.2) is 78.7 Å². The molecule has 2 aromatic rings. The van der Waals surface area contributed by atoms with E-state index in [4.69, 9.17) is 9.47 Å². The fourth-order valence-electron chi connectivity index (χ4n) is 6.20. The number of amides is 2. The van der Waals surface area contributed by atoms with E-state index in [0.29, 0.717) is 43.5 Å². The Morgan fingerprint density at radius 2 is 1.33 bits per heavy atom. The largest absolute Gasteiger partial charge is 0.444 e. The van der Waals surface area contributed by atoms with E-state index in [-0.39, 0.29) is 23.3 Å². The van der Waals surface area contributed by atoms with Gasteiger partial charge >= 0.3 is 12.2 Å². The number of rotatable bonds is 7. The van der Waals surface area contributed by atoms with Crippen LogP contribution in [-0.2, 0) is 14.3 Å². The Morgan fingerprint density at radius 3 is 1.69 bits per heavy atom. The fourth-order valence-corrected chi connectivity index (χ4v) is 6.47. The number of carbonyl (C=O) groups excluding carboxylic acids is 3. The van der Waals surface area contributed by atoms with E-state index >= 15 is 0 Å². The van der Waals surface area contributed by atoms with E-state index in [1.807, 2.05) is 82.8 Å². The van der Waals surface area contributed by atoms with Gasteiger partial charge in [-0.05, 0) is 153 Å². The Balaban J connectivity index is 0.000000291. The molecule has 1 unspecified atom stereocenters. The average molecular weight is 748 g/mol. The molecule has 2 saturated heterocycles. The molecular weight excluding hydrogens is 688 g/mol. The molecule has 4 heterocycles. The van der Waals surface area contributed by atoms with E-state index in [1.54, 1.807) is 17.3 Å². The molecule has 0 aliphatic carbocycles. The maximum absolute atomic E-state index is 12.4. The number of likely N-dealkylation sites (tertiary alicyclic amines) is 2. The number of aliphatic hydroxyl groups excluding tert-OH is 1. The molecule has 4 rings (SSSR count). The number of aliphatic hydroxyl groups is 1. The van der Waals surface area contributed by atoms with Crippen LogP contribution in [0.25, 0.3) is 0 Å². The van der Waals surface area contributed by atoms with Crippen LogP contribution in [0.5, 0.6) is 0 Å². The molecule has 0 aromatic carbocycles. The number of hydrogen-bond donors (Lipinski definition) is 1. The van der Waals surface area contributed by atoms with Gasteiger partial charge in [-0.3, -0.25) is 4.98 Å². The number of hydrogen-bond acceptors (Lipinski definition) is 8. The van der Waals surface area contributed by atoms with Gasteiger partial charge < -0.3 is 29.2 Å². The summed E-state index contributed by atoms with van der Waals surface area (Å²) in [6.45, 7) is 20.9. The van der Waals surface area contributed by atoms with Gasteiger partial charge in [-0.2, -0.15) is 0 Å². The van der Waals surface area contributed by atoms with Crippen LogP contribution in [0.3, 0.4) is 0 Å². The number of halogens is 1. The summed E-state index contributed by atoms with van der Waals surface area (Å²) in [5, 5.41) is 10.3. The first-order chi connectivity index (χ1) is 22.6. The Morgan fingerprint density at radius 1 is 0.857 bits per heavy atom. The molecule has 3 atom stereocenters. The lowest BCUT2D eigenvalue weighted by Gasteiger charge is -2.33. The van der Waals surface area contributed by atoms with Gasteiger partial charge in [-0.25, -0.2) is 14.6 Å². The van der Waals surface area contributed by atoms with Crippen molar-refractivity contribution in [3.8, 4) is 0 Å². The molecule has 2 amide bonds. The summed E-state index contributed by atoms with van der Waals surface area (Å²) in [6.07, 6.45) is 8.12. The fraction of sp³-hybridized carbons (Fsp3) is 0.658. The zero-order valence-electron chi connectivity index (χ0n) is 31.2. The minimum Gasteiger partial charge on any atom is -0.444 e. The van der Waals surface area contributed by atoms with Crippen molar-refractivity contribution in [3.63, 3.8) is 0 Å². The topological polar surface area (TPSA) is 122 Å². The van der Waals surface area contributed by atoms with Crippen LogP contribution in [0.4, 0.5) is 9.59 Å². The first kappa shape index (κ1) is 42.1. The summed E-state index contributed by atoms with van der Waals surface area (Å²) in [7, 11) is 0. The van der Waals surface area contributed by atoms with Crippen molar-refractivity contribution in [1.29, 1.82) is 0 Å². The normalized spacial score (nSPS) is 20.2. The number of aldehydes is 1. The molecule has 49 heavy (non-hydrogen) atoms. The third-order valence-electron chi connectivity index (χ3n) is 8.35. The van der Waals surface area contributed by atoms with E-state index in [1.165, 1.54) is 0 Å². The predicted molar refractivity (Wildman–Crippen MR) is 196 cm³/mol. The van der Waals surface area contributed by atoms with Crippen molar-refractivity contribution < 1.29 is 29.0 Å². The monoisotopic (exact) mass is 746 g/mol. The number of nitrogens with zero attached hydrogens (tertiary/aromatic N) is 4. The molecule has 2 aromatic heterocycles. The molecule has 11 heteroatoms. The Hall–Kier alpha value is -3.05. The first-order valence-electron chi connectivity index (χ1n) is 17.2. The van der Waals surface area contributed by atoms with Gasteiger partial charge in [0.2, 0.25) is 0 Å². The Kier molecular flexibility index (Phi) is 15.7. The van der Waals surface area contributed by atoms with Crippen molar-refractivity contribution in [3.05, 3.63) is 59.1 Å². The second-order valence-corrected chi connectivity index (χ2v) is 17.0. The van der Waals surface area contributed by atoms with E-state index in [0.717, 1.165) is 36.6 Å². The summed E-state index contributed by atoms with van der Waals surface area (Å²) in [5.74, 6) is 0.767. The molecule has 0 radical (unpaired) electrons. The van der Waals surface area contributed by atoms with Gasteiger partial charge in [0.15, 0.2) is 0 Å². The maximum Gasteiger partial charge on any atom is 0.410 e. The molecule has 2 fully saturated rings. The molecule has 274 valence electrons. The van der Waals surface area contributed by atoms with Crippen molar-refractivity contribution in [2.75, 3.05) is 13.1 Å². The highest BCUT2D eigenvalue weighted by Gasteiger charge is 2.43. The Bertz CT molecular complexity index is 1310. The highest BCUT2D eigenvalue weighted by molar-refractivity contribution is 9.10. The van der Waals surface area contributed by atoms with Gasteiger partial charge in [-0.1, -0.05) is 12.1 Å². The van der Waals surface area contributed by atoms with Crippen LogP contribution in [0, 0.1) is 11.8 Å². The molecule has 10 nitrogen and oxygen atoms in total. The van der Waals surface area contributed by atoms with Crippen molar-refractivity contribution in [2.45, 2.75) is 136 Å². The highest BCUT2D eigenvalue weighted by Crippen LogP contribution is 2.38. The smallest absolute Gasteiger partial charge is 0.410 e. The van der Waals surface area contributed by atoms with Crippen LogP contribution < -0.4 is 0 Å². The molecule has 2 aliphatic heterocycles. The minimum atomic E-state index is -0.551. The van der Waals surface area contributed by atoms with E-state index < -0.39 is 17.3 Å². The van der Waals surface area contributed by atoms with Crippen molar-refractivity contribution >= 4 is 34.4 Å². The molecular formula is C38H59BrN4O6. The molecule has 0 saturated carbocycles. The second-order valence-electron chi connectivity index (χ2n) is 16.2. The van der Waals surface area contributed by atoms with Crippen LogP contribution in [0.15, 0.2) is 53.4 Å². The number of ether oxygens (including phenoxy) is 2. The Labute approximate surface area is 302 Å². The number of pyridine rings is 2. The molecule has 0 bridgehead atoms. The third-order valence-corrected chi connectivity index (χ3v) is 8.82. The average Bonchev–Trinajstić information content (AvgIpc) is 3.48. The van der Waals surface area contributed by atoms with E-state index in [2.05, 4.69) is 53.6 Å². The van der Waals surface area contributed by atoms with Gasteiger partial charge in [0.1, 0.15) is 22.1 Å². The standard InChI is InChI=1S/C19H30N2O3.C14H25NO3.C5H4BrN/c1-18(2,3)24-17(23)21-13-14(12-19(21,4)5)9-10-16(22)15-8-6-7-11-20-15;1-13(2,3)18-12(17)15-10-11(7-6-8-16)9-14(15,4)5;6-5-3-1-2-4-7-5/h6-8,11,14,16,22H,9-10,12-13H2,1-5H3;8,11H,6-7,9-10H2,1-5H3;1-4H/t14-,16?;11-;/m00./s1. The summed E-state index contributed by atoms with van der Waals surface area (Å²) in [5.41, 5.74) is -0.647. The minimum absolute atomic E-state index is 0.185. The summed E-state index contributed by atoms with van der Waals surface area (Å²) in [4.78, 5) is 46.7. The van der Waals surface area contributed by atoms with E-state index in [9.17, 15) is 19.5 Å². The highest BCUT2D eigenvalue weighted by atomic mass is 79.9. The molecule has 2 aliphatic rings. The van der Waals surface area contributed by atoms with Gasteiger partial charge in [-0.15, -0.1) is 0 Å². The summed E-state index contributed by atoms with van der Waals surface area (Å²) in [6, 6.07) is 11.3. The van der Waals surface area contributed by atoms with Crippen LogP contribution >= 0.6 is 15.9 Å². The first-order valence-corrected chi connectivity index (χ1v) is 18.0. The quantitative estimate of drug-likeness (QED) is 0.220. The third kappa shape index (κ3) is 15.2. The van der Waals surface area contributed by atoms with Gasteiger partial charge in [0.05, 0.1) is 11.8 Å². The van der Waals surface area contributed by atoms with Crippen LogP contribution in [0.2, 0.25) is 0 Å². The van der Waals surface area contributed by atoms with Crippen LogP contribution in [0.1, 0.15) is 120 Å². The molecule has 0 spiro atoms. The van der Waals surface area contributed by atoms with Crippen molar-refractivity contribution in [2.24, 2.45) is 11.8 Å². The van der Waals surface area contributed by atoms with Gasteiger partial charge in [0.25, 0.3) is 0 Å². The SMILES string of the molecule is Brc1ccccn1.CC(C)(C)OC(=O)N1C[C@@H](CCC(O)c2ccccn2)CC1(C)C.CC(C)(C)OC(=O)N1C[C@@H](CCC=O)CC1(C)C. The zero-order chi connectivity index (χ0) is 37.0. The summed E-state index contributed by atoms with van der Waals surface area (Å²) >= 11 is 3.20.